The third kappa shape index (κ3) is 1.94. The summed E-state index contributed by atoms with van der Waals surface area (Å²) in [6, 6.07) is 1.58. The fraction of sp³-hybridized carbons (Fsp3) is 0.100. The number of aromatic nitrogens is 3. The normalized spacial score (nSPS) is 11.8. The SMILES string of the molecule is Cc1nccn1-c1nccc(/C(N)=N/O)c1Cl. The number of oxime groups is 1. The van der Waals surface area contributed by atoms with Crippen molar-refractivity contribution in [2.24, 2.45) is 10.9 Å². The molecule has 0 aliphatic rings. The van der Waals surface area contributed by atoms with E-state index in [9.17, 15) is 0 Å². The monoisotopic (exact) mass is 251 g/mol. The maximum Gasteiger partial charge on any atom is 0.171 e. The number of rotatable bonds is 2. The molecule has 2 aromatic rings. The third-order valence-corrected chi connectivity index (χ3v) is 2.68. The van der Waals surface area contributed by atoms with Crippen LogP contribution in [0.5, 0.6) is 0 Å². The molecule has 3 N–H and O–H groups in total. The van der Waals surface area contributed by atoms with Crippen LogP contribution in [0.2, 0.25) is 5.02 Å². The minimum absolute atomic E-state index is 0.0589. The van der Waals surface area contributed by atoms with Crippen LogP contribution in [-0.4, -0.2) is 25.6 Å². The van der Waals surface area contributed by atoms with Gasteiger partial charge in [0, 0.05) is 24.2 Å². The summed E-state index contributed by atoms with van der Waals surface area (Å²) in [7, 11) is 0. The highest BCUT2D eigenvalue weighted by Crippen LogP contribution is 2.23. The summed E-state index contributed by atoms with van der Waals surface area (Å²) in [5.74, 6) is 1.18. The zero-order valence-corrected chi connectivity index (χ0v) is 9.76. The second-order valence-electron chi connectivity index (χ2n) is 3.33. The summed E-state index contributed by atoms with van der Waals surface area (Å²) in [5.41, 5.74) is 5.94. The summed E-state index contributed by atoms with van der Waals surface area (Å²) in [6.07, 6.45) is 4.91. The average molecular weight is 252 g/mol. The van der Waals surface area contributed by atoms with Crippen LogP contribution in [-0.2, 0) is 0 Å². The van der Waals surface area contributed by atoms with Gasteiger partial charge in [-0.2, -0.15) is 0 Å². The number of hydrogen-bond donors (Lipinski definition) is 2. The molecule has 88 valence electrons. The van der Waals surface area contributed by atoms with Gasteiger partial charge >= 0.3 is 0 Å². The molecular weight excluding hydrogens is 242 g/mol. The van der Waals surface area contributed by atoms with Gasteiger partial charge in [0.25, 0.3) is 0 Å². The van der Waals surface area contributed by atoms with Gasteiger partial charge in [-0.3, -0.25) is 4.57 Å². The Hall–Kier alpha value is -2.08. The van der Waals surface area contributed by atoms with E-state index < -0.39 is 0 Å². The van der Waals surface area contributed by atoms with E-state index in [4.69, 9.17) is 22.5 Å². The van der Waals surface area contributed by atoms with Crippen molar-refractivity contribution >= 4 is 17.4 Å². The minimum Gasteiger partial charge on any atom is -0.409 e. The molecule has 0 bridgehead atoms. The van der Waals surface area contributed by atoms with Crippen molar-refractivity contribution in [2.75, 3.05) is 0 Å². The highest BCUT2D eigenvalue weighted by molar-refractivity contribution is 6.35. The lowest BCUT2D eigenvalue weighted by Crippen LogP contribution is -2.15. The number of imidazole rings is 1. The van der Waals surface area contributed by atoms with E-state index in [1.807, 2.05) is 6.92 Å². The maximum absolute atomic E-state index is 8.65. The topological polar surface area (TPSA) is 89.3 Å². The molecule has 7 heteroatoms. The molecule has 0 saturated carbocycles. The van der Waals surface area contributed by atoms with E-state index in [1.54, 1.807) is 23.0 Å². The van der Waals surface area contributed by atoms with E-state index in [1.165, 1.54) is 6.20 Å². The van der Waals surface area contributed by atoms with Crippen LogP contribution in [0, 0.1) is 6.92 Å². The van der Waals surface area contributed by atoms with Gasteiger partial charge in [0.2, 0.25) is 0 Å². The number of aryl methyl sites for hydroxylation is 1. The Kier molecular flexibility index (Phi) is 2.97. The number of hydrogen-bond acceptors (Lipinski definition) is 4. The van der Waals surface area contributed by atoms with Gasteiger partial charge in [0.1, 0.15) is 5.82 Å². The molecule has 0 fully saturated rings. The number of nitrogens with zero attached hydrogens (tertiary/aromatic N) is 4. The van der Waals surface area contributed by atoms with Gasteiger partial charge in [0.05, 0.1) is 5.02 Å². The number of pyridine rings is 1. The largest absolute Gasteiger partial charge is 0.409 e. The molecule has 0 saturated heterocycles. The van der Waals surface area contributed by atoms with Gasteiger partial charge in [-0.25, -0.2) is 9.97 Å². The van der Waals surface area contributed by atoms with Crippen molar-refractivity contribution in [3.8, 4) is 5.82 Å². The summed E-state index contributed by atoms with van der Waals surface area (Å²) >= 11 is 6.16. The van der Waals surface area contributed by atoms with Crippen LogP contribution >= 0.6 is 11.6 Å². The summed E-state index contributed by atoms with van der Waals surface area (Å²) in [5, 5.41) is 11.9. The molecule has 17 heavy (non-hydrogen) atoms. The molecule has 6 nitrogen and oxygen atoms in total. The smallest absolute Gasteiger partial charge is 0.171 e. The first-order valence-electron chi connectivity index (χ1n) is 4.78. The zero-order valence-electron chi connectivity index (χ0n) is 9.00. The fourth-order valence-electron chi connectivity index (χ4n) is 1.45. The second kappa shape index (κ2) is 4.42. The first kappa shape index (κ1) is 11.4. The molecule has 0 aromatic carbocycles. The molecular formula is C10H10ClN5O. The molecule has 2 aromatic heterocycles. The van der Waals surface area contributed by atoms with Crippen molar-refractivity contribution in [2.45, 2.75) is 6.92 Å². The predicted octanol–water partition coefficient (Wildman–Crippen LogP) is 1.32. The lowest BCUT2D eigenvalue weighted by atomic mass is 10.2. The van der Waals surface area contributed by atoms with Crippen molar-refractivity contribution in [1.29, 1.82) is 0 Å². The van der Waals surface area contributed by atoms with Gasteiger partial charge in [-0.1, -0.05) is 16.8 Å². The summed E-state index contributed by atoms with van der Waals surface area (Å²) < 4.78 is 1.72. The standard InChI is InChI=1S/C10H10ClN5O/c1-6-13-4-5-16(6)10-8(11)7(2-3-14-10)9(12)15-17/h2-5,17H,1H3,(H2,12,15). The van der Waals surface area contributed by atoms with Gasteiger partial charge in [-0.15, -0.1) is 0 Å². The molecule has 0 unspecified atom stereocenters. The maximum atomic E-state index is 8.65. The Labute approximate surface area is 102 Å². The van der Waals surface area contributed by atoms with Crippen molar-refractivity contribution in [3.63, 3.8) is 0 Å². The molecule has 2 heterocycles. The molecule has 0 atom stereocenters. The number of halogens is 1. The van der Waals surface area contributed by atoms with Crippen LogP contribution in [0.25, 0.3) is 5.82 Å². The van der Waals surface area contributed by atoms with E-state index in [-0.39, 0.29) is 5.84 Å². The Morgan fingerprint density at radius 2 is 2.24 bits per heavy atom. The van der Waals surface area contributed by atoms with Crippen LogP contribution in [0.1, 0.15) is 11.4 Å². The molecule has 2 rings (SSSR count). The lowest BCUT2D eigenvalue weighted by Gasteiger charge is -2.09. The highest BCUT2D eigenvalue weighted by Gasteiger charge is 2.13. The first-order valence-corrected chi connectivity index (χ1v) is 5.15. The van der Waals surface area contributed by atoms with Crippen molar-refractivity contribution < 1.29 is 5.21 Å². The van der Waals surface area contributed by atoms with Crippen LogP contribution in [0.15, 0.2) is 29.8 Å². The zero-order chi connectivity index (χ0) is 12.4. The van der Waals surface area contributed by atoms with E-state index in [0.717, 1.165) is 5.82 Å². The first-order chi connectivity index (χ1) is 8.15. The molecule has 0 amide bonds. The van der Waals surface area contributed by atoms with E-state index in [0.29, 0.717) is 16.4 Å². The van der Waals surface area contributed by atoms with E-state index >= 15 is 0 Å². The van der Waals surface area contributed by atoms with Gasteiger partial charge in [0.15, 0.2) is 11.7 Å². The fourth-order valence-corrected chi connectivity index (χ4v) is 1.75. The Bertz CT molecular complexity index is 578. The van der Waals surface area contributed by atoms with Gasteiger partial charge < -0.3 is 10.9 Å². The molecule has 0 aliphatic heterocycles. The summed E-state index contributed by atoms with van der Waals surface area (Å²) in [4.78, 5) is 8.24. The molecule has 0 aliphatic carbocycles. The molecule has 0 radical (unpaired) electrons. The Balaban J connectivity index is 2.62. The average Bonchev–Trinajstić information content (AvgIpc) is 2.75. The quantitative estimate of drug-likeness (QED) is 0.365. The Morgan fingerprint density at radius 1 is 1.47 bits per heavy atom. The number of nitrogens with two attached hydrogens (primary N) is 1. The summed E-state index contributed by atoms with van der Waals surface area (Å²) in [6.45, 7) is 1.83. The third-order valence-electron chi connectivity index (χ3n) is 2.31. The Morgan fingerprint density at radius 3 is 2.82 bits per heavy atom. The highest BCUT2D eigenvalue weighted by atomic mass is 35.5. The predicted molar refractivity (Wildman–Crippen MR) is 63.6 cm³/mol. The lowest BCUT2D eigenvalue weighted by molar-refractivity contribution is 0.318. The van der Waals surface area contributed by atoms with Crippen molar-refractivity contribution in [1.82, 2.24) is 14.5 Å². The van der Waals surface area contributed by atoms with Crippen LogP contribution in [0.4, 0.5) is 0 Å². The van der Waals surface area contributed by atoms with Crippen molar-refractivity contribution in [3.05, 3.63) is 41.1 Å². The van der Waals surface area contributed by atoms with Crippen LogP contribution in [0.3, 0.4) is 0 Å². The second-order valence-corrected chi connectivity index (χ2v) is 3.70. The van der Waals surface area contributed by atoms with Crippen LogP contribution < -0.4 is 5.73 Å². The minimum atomic E-state index is -0.0589. The van der Waals surface area contributed by atoms with E-state index in [2.05, 4.69) is 15.1 Å². The van der Waals surface area contributed by atoms with Gasteiger partial charge in [-0.05, 0) is 13.0 Å². The number of amidine groups is 1. The molecule has 0 spiro atoms.